The summed E-state index contributed by atoms with van der Waals surface area (Å²) in [6, 6.07) is 6.29. The van der Waals surface area contributed by atoms with E-state index >= 15 is 0 Å². The lowest BCUT2D eigenvalue weighted by Gasteiger charge is -2.22. The van der Waals surface area contributed by atoms with Gasteiger partial charge >= 0.3 is 0 Å². The SMILES string of the molecule is Cc1ccc(NC(=O)C2CC2C(=O)NC2CCCCC2)c(C)c1. The van der Waals surface area contributed by atoms with Gasteiger partial charge in [-0.15, -0.1) is 0 Å². The Morgan fingerprint density at radius 3 is 2.39 bits per heavy atom. The van der Waals surface area contributed by atoms with Gasteiger partial charge in [0.1, 0.15) is 0 Å². The fourth-order valence-electron chi connectivity index (χ4n) is 3.51. The smallest absolute Gasteiger partial charge is 0.228 e. The van der Waals surface area contributed by atoms with Crippen molar-refractivity contribution in [2.24, 2.45) is 11.8 Å². The van der Waals surface area contributed by atoms with Crippen molar-refractivity contribution >= 4 is 17.5 Å². The van der Waals surface area contributed by atoms with E-state index < -0.39 is 0 Å². The number of hydrogen-bond acceptors (Lipinski definition) is 2. The van der Waals surface area contributed by atoms with Gasteiger partial charge in [-0.1, -0.05) is 37.0 Å². The van der Waals surface area contributed by atoms with Crippen molar-refractivity contribution in [1.82, 2.24) is 5.32 Å². The van der Waals surface area contributed by atoms with Crippen molar-refractivity contribution < 1.29 is 9.59 Å². The van der Waals surface area contributed by atoms with E-state index in [2.05, 4.69) is 16.7 Å². The number of nitrogens with one attached hydrogen (secondary N) is 2. The van der Waals surface area contributed by atoms with E-state index in [0.29, 0.717) is 12.5 Å². The first kappa shape index (κ1) is 16.0. The van der Waals surface area contributed by atoms with Crippen LogP contribution in [0.3, 0.4) is 0 Å². The number of carbonyl (C=O) groups is 2. The molecule has 1 aromatic rings. The van der Waals surface area contributed by atoms with E-state index in [1.54, 1.807) is 0 Å². The standard InChI is InChI=1S/C19H26N2O2/c1-12-8-9-17(13(2)10-12)21-19(23)16-11-15(16)18(22)20-14-6-4-3-5-7-14/h8-10,14-16H,3-7,11H2,1-2H3,(H,20,22)(H,21,23). The van der Waals surface area contributed by atoms with Crippen LogP contribution in [0.1, 0.15) is 49.7 Å². The van der Waals surface area contributed by atoms with Crippen LogP contribution in [0.15, 0.2) is 18.2 Å². The summed E-state index contributed by atoms with van der Waals surface area (Å²) >= 11 is 0. The Bertz CT molecular complexity index is 605. The Morgan fingerprint density at radius 2 is 1.70 bits per heavy atom. The third kappa shape index (κ3) is 3.92. The number of benzene rings is 1. The molecule has 2 fully saturated rings. The molecule has 2 N–H and O–H groups in total. The Morgan fingerprint density at radius 1 is 1.00 bits per heavy atom. The Balaban J connectivity index is 1.51. The summed E-state index contributed by atoms with van der Waals surface area (Å²) in [6.45, 7) is 4.02. The van der Waals surface area contributed by atoms with Crippen molar-refractivity contribution in [2.75, 3.05) is 5.32 Å². The number of rotatable bonds is 4. The zero-order chi connectivity index (χ0) is 16.4. The van der Waals surface area contributed by atoms with Crippen LogP contribution in [0.4, 0.5) is 5.69 Å². The second-order valence-corrected chi connectivity index (χ2v) is 7.10. The molecular weight excluding hydrogens is 288 g/mol. The van der Waals surface area contributed by atoms with Gasteiger partial charge in [-0.05, 0) is 44.7 Å². The lowest BCUT2D eigenvalue weighted by Crippen LogP contribution is -2.37. The predicted molar refractivity (Wildman–Crippen MR) is 91.2 cm³/mol. The molecule has 2 amide bonds. The highest BCUT2D eigenvalue weighted by atomic mass is 16.2. The minimum Gasteiger partial charge on any atom is -0.353 e. The van der Waals surface area contributed by atoms with Gasteiger partial charge in [0.15, 0.2) is 0 Å². The van der Waals surface area contributed by atoms with Gasteiger partial charge in [-0.2, -0.15) is 0 Å². The molecule has 3 rings (SSSR count). The van der Waals surface area contributed by atoms with Crippen LogP contribution >= 0.6 is 0 Å². The van der Waals surface area contributed by atoms with E-state index in [0.717, 1.165) is 24.1 Å². The number of hydrogen-bond donors (Lipinski definition) is 2. The van der Waals surface area contributed by atoms with Crippen LogP contribution in [0.2, 0.25) is 0 Å². The second-order valence-electron chi connectivity index (χ2n) is 7.10. The normalized spacial score (nSPS) is 24.1. The molecule has 0 spiro atoms. The molecule has 0 aromatic heterocycles. The van der Waals surface area contributed by atoms with E-state index in [9.17, 15) is 9.59 Å². The van der Waals surface area contributed by atoms with Gasteiger partial charge in [0.05, 0.1) is 11.8 Å². The van der Waals surface area contributed by atoms with Crippen LogP contribution < -0.4 is 10.6 Å². The zero-order valence-electron chi connectivity index (χ0n) is 14.0. The van der Waals surface area contributed by atoms with E-state index in [1.807, 2.05) is 26.0 Å². The van der Waals surface area contributed by atoms with Crippen molar-refractivity contribution in [3.63, 3.8) is 0 Å². The lowest BCUT2D eigenvalue weighted by atomic mass is 9.95. The minimum atomic E-state index is -0.167. The van der Waals surface area contributed by atoms with Gasteiger partial charge in [0.25, 0.3) is 0 Å². The van der Waals surface area contributed by atoms with Gasteiger partial charge in [0.2, 0.25) is 11.8 Å². The summed E-state index contributed by atoms with van der Waals surface area (Å²) in [5.74, 6) is -0.264. The van der Waals surface area contributed by atoms with E-state index in [-0.39, 0.29) is 23.7 Å². The molecule has 2 atom stereocenters. The Kier molecular flexibility index (Phi) is 4.69. The first-order valence-corrected chi connectivity index (χ1v) is 8.73. The highest BCUT2D eigenvalue weighted by Gasteiger charge is 2.48. The van der Waals surface area contributed by atoms with Crippen LogP contribution in [-0.2, 0) is 9.59 Å². The number of aryl methyl sites for hydroxylation is 2. The zero-order valence-corrected chi connectivity index (χ0v) is 14.0. The molecule has 2 unspecified atom stereocenters. The maximum absolute atomic E-state index is 12.3. The molecule has 2 saturated carbocycles. The summed E-state index contributed by atoms with van der Waals surface area (Å²) in [7, 11) is 0. The Labute approximate surface area is 138 Å². The van der Waals surface area contributed by atoms with Crippen molar-refractivity contribution in [3.8, 4) is 0 Å². The van der Waals surface area contributed by atoms with Crippen LogP contribution in [0.5, 0.6) is 0 Å². The highest BCUT2D eigenvalue weighted by molar-refractivity contribution is 5.99. The van der Waals surface area contributed by atoms with Crippen LogP contribution in [-0.4, -0.2) is 17.9 Å². The highest BCUT2D eigenvalue weighted by Crippen LogP contribution is 2.40. The molecule has 1 aromatic carbocycles. The largest absolute Gasteiger partial charge is 0.353 e. The minimum absolute atomic E-state index is 0.0271. The molecule has 0 radical (unpaired) electrons. The topological polar surface area (TPSA) is 58.2 Å². The predicted octanol–water partition coefficient (Wildman–Crippen LogP) is 3.33. The van der Waals surface area contributed by atoms with Crippen molar-refractivity contribution in [2.45, 2.75) is 58.4 Å². The molecule has 2 aliphatic rings. The summed E-state index contributed by atoms with van der Waals surface area (Å²) < 4.78 is 0. The lowest BCUT2D eigenvalue weighted by molar-refractivity contribution is -0.126. The fourth-order valence-corrected chi connectivity index (χ4v) is 3.51. The molecular formula is C19H26N2O2. The maximum atomic E-state index is 12.3. The van der Waals surface area contributed by atoms with E-state index in [1.165, 1.54) is 24.8 Å². The van der Waals surface area contributed by atoms with Crippen molar-refractivity contribution in [3.05, 3.63) is 29.3 Å². The number of anilines is 1. The van der Waals surface area contributed by atoms with Crippen molar-refractivity contribution in [1.29, 1.82) is 0 Å². The average Bonchev–Trinajstić information content (AvgIpc) is 3.32. The third-order valence-corrected chi connectivity index (χ3v) is 5.06. The Hall–Kier alpha value is -1.84. The van der Waals surface area contributed by atoms with Gasteiger partial charge in [-0.25, -0.2) is 0 Å². The monoisotopic (exact) mass is 314 g/mol. The number of amides is 2. The third-order valence-electron chi connectivity index (χ3n) is 5.06. The quantitative estimate of drug-likeness (QED) is 0.895. The average molecular weight is 314 g/mol. The van der Waals surface area contributed by atoms with Gasteiger partial charge < -0.3 is 10.6 Å². The molecule has 0 aliphatic heterocycles. The molecule has 23 heavy (non-hydrogen) atoms. The molecule has 4 nitrogen and oxygen atoms in total. The molecule has 0 saturated heterocycles. The fraction of sp³-hybridized carbons (Fsp3) is 0.579. The first-order valence-electron chi connectivity index (χ1n) is 8.73. The van der Waals surface area contributed by atoms with Gasteiger partial charge in [-0.3, -0.25) is 9.59 Å². The summed E-state index contributed by atoms with van der Waals surface area (Å²) in [5.41, 5.74) is 3.08. The number of carbonyl (C=O) groups excluding carboxylic acids is 2. The molecule has 4 heteroatoms. The second kappa shape index (κ2) is 6.73. The molecule has 0 heterocycles. The maximum Gasteiger partial charge on any atom is 0.228 e. The first-order chi connectivity index (χ1) is 11.0. The summed E-state index contributed by atoms with van der Waals surface area (Å²) in [5, 5.41) is 6.10. The van der Waals surface area contributed by atoms with Crippen LogP contribution in [0, 0.1) is 25.7 Å². The molecule has 124 valence electrons. The molecule has 0 bridgehead atoms. The van der Waals surface area contributed by atoms with E-state index in [4.69, 9.17) is 0 Å². The van der Waals surface area contributed by atoms with Gasteiger partial charge in [0, 0.05) is 11.7 Å². The summed E-state index contributed by atoms with van der Waals surface area (Å²) in [6.07, 6.45) is 6.51. The molecule has 2 aliphatic carbocycles. The summed E-state index contributed by atoms with van der Waals surface area (Å²) in [4.78, 5) is 24.6. The van der Waals surface area contributed by atoms with Crippen LogP contribution in [0.25, 0.3) is 0 Å².